The molecule has 0 aliphatic carbocycles. The first-order chi connectivity index (χ1) is 8.66. The highest BCUT2D eigenvalue weighted by molar-refractivity contribution is 14.1. The predicted molar refractivity (Wildman–Crippen MR) is 79.9 cm³/mol. The average molecular weight is 353 g/mol. The van der Waals surface area contributed by atoms with Gasteiger partial charge in [0.25, 0.3) is 0 Å². The van der Waals surface area contributed by atoms with Crippen LogP contribution in [-0.2, 0) is 4.79 Å². The summed E-state index contributed by atoms with van der Waals surface area (Å²) in [6.07, 6.45) is 3.58. The lowest BCUT2D eigenvalue weighted by molar-refractivity contribution is -0.118. The van der Waals surface area contributed by atoms with Crippen LogP contribution in [0.25, 0.3) is 5.69 Å². The highest BCUT2D eigenvalue weighted by Crippen LogP contribution is 2.13. The van der Waals surface area contributed by atoms with Crippen molar-refractivity contribution in [2.45, 2.75) is 6.92 Å². The third kappa shape index (κ3) is 3.19. The van der Waals surface area contributed by atoms with Crippen LogP contribution in [0.4, 0.5) is 0 Å². The van der Waals surface area contributed by atoms with E-state index < -0.39 is 0 Å². The summed E-state index contributed by atoms with van der Waals surface area (Å²) < 4.78 is 3.19. The van der Waals surface area contributed by atoms with Gasteiger partial charge in [-0.25, -0.2) is 5.43 Å². The molecule has 0 aliphatic rings. The third-order valence-corrected chi connectivity index (χ3v) is 3.02. The number of carbonyl (C=O) groups excluding carboxylic acids is 1. The van der Waals surface area contributed by atoms with Gasteiger partial charge in [0, 0.05) is 22.4 Å². The van der Waals surface area contributed by atoms with Crippen LogP contribution in [0.1, 0.15) is 12.6 Å². The summed E-state index contributed by atoms with van der Waals surface area (Å²) >= 11 is 2.27. The average Bonchev–Trinajstić information content (AvgIpc) is 2.78. The summed E-state index contributed by atoms with van der Waals surface area (Å²) in [5.41, 5.74) is 4.35. The van der Waals surface area contributed by atoms with Crippen molar-refractivity contribution in [1.82, 2.24) is 9.99 Å². The van der Waals surface area contributed by atoms with E-state index in [4.69, 9.17) is 0 Å². The van der Waals surface area contributed by atoms with Crippen LogP contribution in [0.5, 0.6) is 0 Å². The minimum Gasteiger partial charge on any atom is -0.316 e. The zero-order chi connectivity index (χ0) is 13.0. The van der Waals surface area contributed by atoms with Gasteiger partial charge in [0.2, 0.25) is 5.91 Å². The molecule has 0 fully saturated rings. The van der Waals surface area contributed by atoms with Crippen molar-refractivity contribution in [3.63, 3.8) is 0 Å². The first kappa shape index (κ1) is 12.8. The number of nitrogens with one attached hydrogen (secondary N) is 1. The number of hydrogen-bond acceptors (Lipinski definition) is 2. The minimum atomic E-state index is -0.182. The summed E-state index contributed by atoms with van der Waals surface area (Å²) in [6.45, 7) is 1.43. The molecule has 0 atom stereocenters. The van der Waals surface area contributed by atoms with E-state index in [0.29, 0.717) is 0 Å². The molecule has 92 valence electrons. The number of aromatic nitrogens is 1. The smallest absolute Gasteiger partial charge is 0.236 e. The zero-order valence-electron chi connectivity index (χ0n) is 9.80. The molecule has 18 heavy (non-hydrogen) atoms. The van der Waals surface area contributed by atoms with Crippen molar-refractivity contribution in [3.05, 3.63) is 51.9 Å². The fraction of sp³-hybridized carbons (Fsp3) is 0.0769. The second-order valence-corrected chi connectivity index (χ2v) is 4.95. The van der Waals surface area contributed by atoms with Gasteiger partial charge in [0.1, 0.15) is 0 Å². The molecule has 0 unspecified atom stereocenters. The summed E-state index contributed by atoms with van der Waals surface area (Å²) in [5.74, 6) is -0.182. The van der Waals surface area contributed by atoms with Gasteiger partial charge < -0.3 is 4.57 Å². The number of halogens is 1. The number of hydrazone groups is 1. The van der Waals surface area contributed by atoms with Crippen molar-refractivity contribution in [1.29, 1.82) is 0 Å². The predicted octanol–water partition coefficient (Wildman–Crippen LogP) is 2.55. The molecule has 4 nitrogen and oxygen atoms in total. The van der Waals surface area contributed by atoms with Gasteiger partial charge in [-0.2, -0.15) is 5.10 Å². The van der Waals surface area contributed by atoms with Crippen LogP contribution < -0.4 is 5.43 Å². The van der Waals surface area contributed by atoms with Gasteiger partial charge in [-0.3, -0.25) is 4.79 Å². The Morgan fingerprint density at radius 2 is 2.06 bits per heavy atom. The number of amides is 1. The standard InChI is InChI=1S/C13H12IN3O/c1-10(18)16-15-9-13-3-2-8-17(13)12-6-4-11(14)5-7-12/h2-9H,1H3,(H,16,18). The Morgan fingerprint density at radius 1 is 1.33 bits per heavy atom. The fourth-order valence-electron chi connectivity index (χ4n) is 1.53. The quantitative estimate of drug-likeness (QED) is 0.515. The number of hydrogen-bond donors (Lipinski definition) is 1. The largest absolute Gasteiger partial charge is 0.316 e. The number of carbonyl (C=O) groups is 1. The van der Waals surface area contributed by atoms with Crippen molar-refractivity contribution in [2.24, 2.45) is 5.10 Å². The van der Waals surface area contributed by atoms with Gasteiger partial charge in [-0.05, 0) is 59.0 Å². The minimum absolute atomic E-state index is 0.182. The lowest BCUT2D eigenvalue weighted by atomic mass is 10.3. The maximum Gasteiger partial charge on any atom is 0.236 e. The third-order valence-electron chi connectivity index (χ3n) is 2.30. The highest BCUT2D eigenvalue weighted by Gasteiger charge is 2.00. The van der Waals surface area contributed by atoms with Gasteiger partial charge in [-0.15, -0.1) is 0 Å². The van der Waals surface area contributed by atoms with E-state index in [0.717, 1.165) is 11.4 Å². The van der Waals surface area contributed by atoms with Crippen LogP contribution >= 0.6 is 22.6 Å². The van der Waals surface area contributed by atoms with E-state index in [-0.39, 0.29) is 5.91 Å². The number of benzene rings is 1. The Bertz CT molecular complexity index is 572. The molecule has 1 N–H and O–H groups in total. The Hall–Kier alpha value is -1.63. The van der Waals surface area contributed by atoms with Crippen LogP contribution in [0.2, 0.25) is 0 Å². The first-order valence-corrected chi connectivity index (χ1v) is 6.47. The van der Waals surface area contributed by atoms with E-state index in [9.17, 15) is 4.79 Å². The number of nitrogens with zero attached hydrogens (tertiary/aromatic N) is 2. The van der Waals surface area contributed by atoms with Crippen molar-refractivity contribution in [3.8, 4) is 5.69 Å². The SMILES string of the molecule is CC(=O)NN=Cc1cccn1-c1ccc(I)cc1. The van der Waals surface area contributed by atoms with Gasteiger partial charge in [-0.1, -0.05) is 0 Å². The second-order valence-electron chi connectivity index (χ2n) is 3.71. The van der Waals surface area contributed by atoms with Gasteiger partial charge in [0.05, 0.1) is 11.9 Å². The molecule has 1 amide bonds. The summed E-state index contributed by atoms with van der Waals surface area (Å²) in [7, 11) is 0. The molecule has 0 radical (unpaired) electrons. The van der Waals surface area contributed by atoms with Crippen molar-refractivity contribution < 1.29 is 4.79 Å². The van der Waals surface area contributed by atoms with Gasteiger partial charge in [0.15, 0.2) is 0 Å². The van der Waals surface area contributed by atoms with Gasteiger partial charge >= 0.3 is 0 Å². The normalized spacial score (nSPS) is 10.8. The van der Waals surface area contributed by atoms with E-state index in [1.54, 1.807) is 6.21 Å². The van der Waals surface area contributed by atoms with Crippen LogP contribution in [0.3, 0.4) is 0 Å². The van der Waals surface area contributed by atoms with Crippen LogP contribution in [0, 0.1) is 3.57 Å². The van der Waals surface area contributed by atoms with Crippen molar-refractivity contribution in [2.75, 3.05) is 0 Å². The molecule has 1 aromatic carbocycles. The molecular weight excluding hydrogens is 341 g/mol. The van der Waals surface area contributed by atoms with E-state index in [2.05, 4.69) is 33.1 Å². The molecule has 2 aromatic rings. The zero-order valence-corrected chi connectivity index (χ0v) is 12.0. The second kappa shape index (κ2) is 5.81. The molecule has 0 aliphatic heterocycles. The lowest BCUT2D eigenvalue weighted by Crippen LogP contribution is -2.12. The molecule has 1 aromatic heterocycles. The Kier molecular flexibility index (Phi) is 4.14. The number of rotatable bonds is 3. The van der Waals surface area contributed by atoms with E-state index in [1.807, 2.05) is 47.2 Å². The maximum atomic E-state index is 10.7. The maximum absolute atomic E-state index is 10.7. The Balaban J connectivity index is 2.24. The van der Waals surface area contributed by atoms with Crippen molar-refractivity contribution >= 4 is 34.7 Å². The van der Waals surface area contributed by atoms with E-state index >= 15 is 0 Å². The first-order valence-electron chi connectivity index (χ1n) is 5.40. The summed E-state index contributed by atoms with van der Waals surface area (Å²) in [5, 5.41) is 3.87. The topological polar surface area (TPSA) is 46.4 Å². The monoisotopic (exact) mass is 353 g/mol. The van der Waals surface area contributed by atoms with Crippen LogP contribution in [0.15, 0.2) is 47.7 Å². The molecule has 1 heterocycles. The molecule has 5 heteroatoms. The summed E-state index contributed by atoms with van der Waals surface area (Å²) in [6, 6.07) is 12.0. The summed E-state index contributed by atoms with van der Waals surface area (Å²) in [4.78, 5) is 10.7. The molecule has 0 bridgehead atoms. The fourth-order valence-corrected chi connectivity index (χ4v) is 1.89. The lowest BCUT2D eigenvalue weighted by Gasteiger charge is -2.06. The Morgan fingerprint density at radius 3 is 2.72 bits per heavy atom. The molecular formula is C13H12IN3O. The molecule has 0 saturated carbocycles. The molecule has 2 rings (SSSR count). The molecule has 0 spiro atoms. The Labute approximate surface area is 119 Å². The van der Waals surface area contributed by atoms with Crippen LogP contribution in [-0.4, -0.2) is 16.7 Å². The van der Waals surface area contributed by atoms with E-state index in [1.165, 1.54) is 10.5 Å². The highest BCUT2D eigenvalue weighted by atomic mass is 127. The molecule has 0 saturated heterocycles.